The number of carbonyl (C=O) groups is 1. The van der Waals surface area contributed by atoms with Crippen molar-refractivity contribution in [2.45, 2.75) is 24.7 Å². The summed E-state index contributed by atoms with van der Waals surface area (Å²) in [4.78, 5) is 13.0. The second-order valence-electron chi connectivity index (χ2n) is 6.88. The second kappa shape index (κ2) is 7.89. The number of halogens is 3. The van der Waals surface area contributed by atoms with Crippen LogP contribution in [0.4, 0.5) is 24.7 Å². The molecule has 1 amide bonds. The van der Waals surface area contributed by atoms with Crippen LogP contribution in [0.25, 0.3) is 0 Å². The van der Waals surface area contributed by atoms with Gasteiger partial charge in [-0.3, -0.25) is 4.79 Å². The maximum Gasteiger partial charge on any atom is 0.410 e. The molecule has 1 aliphatic rings. The number of carbonyl (C=O) groups excluding carboxylic acids is 1. The number of nitrogens with one attached hydrogen (secondary N) is 2. The molecule has 1 aromatic carbocycles. The second-order valence-corrected chi connectivity index (χ2v) is 6.88. The molecule has 8 nitrogen and oxygen atoms in total. The summed E-state index contributed by atoms with van der Waals surface area (Å²) in [6.07, 6.45) is -2.39. The van der Waals surface area contributed by atoms with E-state index >= 15 is 0 Å². The van der Waals surface area contributed by atoms with Gasteiger partial charge in [-0.1, -0.05) is 0 Å². The fraction of sp³-hybridized carbons (Fsp3) is 0.300. The molecule has 0 saturated carbocycles. The monoisotopic (exact) mass is 436 g/mol. The first-order chi connectivity index (χ1) is 14.8. The van der Waals surface area contributed by atoms with Crippen molar-refractivity contribution in [2.75, 3.05) is 24.9 Å². The number of benzene rings is 1. The number of nitrogens with zero attached hydrogens (tertiary/aromatic N) is 2. The third kappa shape index (κ3) is 3.90. The highest BCUT2D eigenvalue weighted by atomic mass is 19.4. The van der Waals surface area contributed by atoms with Crippen LogP contribution < -0.4 is 20.1 Å². The van der Waals surface area contributed by atoms with Crippen LogP contribution in [-0.2, 0) is 0 Å². The molecule has 4 rings (SSSR count). The van der Waals surface area contributed by atoms with E-state index in [-0.39, 0.29) is 17.8 Å². The highest BCUT2D eigenvalue weighted by molar-refractivity contribution is 6.08. The Bertz CT molecular complexity index is 1080. The van der Waals surface area contributed by atoms with E-state index in [1.165, 1.54) is 20.5 Å². The van der Waals surface area contributed by atoms with Gasteiger partial charge in [0, 0.05) is 12.5 Å². The molecule has 0 radical (unpaired) electrons. The number of amides is 1. The first kappa shape index (κ1) is 20.6. The average Bonchev–Trinajstić information content (AvgIpc) is 3.42. The van der Waals surface area contributed by atoms with Crippen LogP contribution in [0.3, 0.4) is 0 Å². The Morgan fingerprint density at radius 2 is 2.10 bits per heavy atom. The van der Waals surface area contributed by atoms with Gasteiger partial charge in [0.1, 0.15) is 28.6 Å². The van der Waals surface area contributed by atoms with Gasteiger partial charge < -0.3 is 24.5 Å². The number of fused-ring (bicyclic) bond motifs is 1. The third-order valence-electron chi connectivity index (χ3n) is 5.02. The standard InChI is InChI=1S/C20H19F3N4O4/c1-29-11-5-6-15(30-2)13(8-11)26-19(28)12-10-24-27-17(20(21,22)23)9-14(25-18(12)27)16-4-3-7-31-16/h3-8,10,14,17,25H,9H2,1-2H3,(H,26,28)/t14-,17+/m1/s1. The topological polar surface area (TPSA) is 90.5 Å². The molecule has 0 saturated heterocycles. The molecular weight excluding hydrogens is 417 g/mol. The fourth-order valence-electron chi connectivity index (χ4n) is 3.51. The Hall–Kier alpha value is -3.63. The number of hydrogen-bond donors (Lipinski definition) is 2. The van der Waals surface area contributed by atoms with Gasteiger partial charge in [0.05, 0.1) is 38.4 Å². The molecular formula is C20H19F3N4O4. The Labute approximate surface area is 174 Å². The molecule has 2 aromatic heterocycles. The van der Waals surface area contributed by atoms with Gasteiger partial charge in [0.2, 0.25) is 0 Å². The van der Waals surface area contributed by atoms with E-state index in [4.69, 9.17) is 13.9 Å². The van der Waals surface area contributed by atoms with E-state index in [1.54, 1.807) is 30.3 Å². The van der Waals surface area contributed by atoms with Gasteiger partial charge >= 0.3 is 6.18 Å². The summed E-state index contributed by atoms with van der Waals surface area (Å²) in [5, 5.41) is 9.45. The van der Waals surface area contributed by atoms with Crippen molar-refractivity contribution in [1.29, 1.82) is 0 Å². The zero-order chi connectivity index (χ0) is 22.2. The number of aromatic nitrogens is 2. The number of anilines is 2. The van der Waals surface area contributed by atoms with Crippen LogP contribution in [0.2, 0.25) is 0 Å². The zero-order valence-electron chi connectivity index (χ0n) is 16.6. The van der Waals surface area contributed by atoms with Crippen molar-refractivity contribution in [3.63, 3.8) is 0 Å². The van der Waals surface area contributed by atoms with Crippen molar-refractivity contribution < 1.29 is 31.9 Å². The minimum Gasteiger partial charge on any atom is -0.497 e. The largest absolute Gasteiger partial charge is 0.497 e. The maximum absolute atomic E-state index is 13.7. The number of ether oxygens (including phenoxy) is 2. The highest BCUT2D eigenvalue weighted by Crippen LogP contribution is 2.44. The van der Waals surface area contributed by atoms with Gasteiger partial charge in [0.15, 0.2) is 6.04 Å². The van der Waals surface area contributed by atoms with E-state index in [2.05, 4.69) is 15.7 Å². The third-order valence-corrected chi connectivity index (χ3v) is 5.02. The Morgan fingerprint density at radius 1 is 1.29 bits per heavy atom. The lowest BCUT2D eigenvalue weighted by atomic mass is 10.0. The van der Waals surface area contributed by atoms with E-state index in [1.807, 2.05) is 0 Å². The molecule has 31 heavy (non-hydrogen) atoms. The molecule has 0 fully saturated rings. The molecule has 0 bridgehead atoms. The van der Waals surface area contributed by atoms with Gasteiger partial charge in [-0.15, -0.1) is 0 Å². The molecule has 11 heteroatoms. The molecule has 2 atom stereocenters. The summed E-state index contributed by atoms with van der Waals surface area (Å²) in [7, 11) is 2.90. The number of alkyl halides is 3. The summed E-state index contributed by atoms with van der Waals surface area (Å²) in [6.45, 7) is 0. The molecule has 2 N–H and O–H groups in total. The number of furan rings is 1. The van der Waals surface area contributed by atoms with E-state index < -0.39 is 24.2 Å². The minimum atomic E-state index is -4.56. The minimum absolute atomic E-state index is 0.0459. The van der Waals surface area contributed by atoms with Crippen LogP contribution in [0, 0.1) is 0 Å². The van der Waals surface area contributed by atoms with Crippen LogP contribution in [0.5, 0.6) is 11.5 Å². The lowest BCUT2D eigenvalue weighted by Crippen LogP contribution is -2.36. The van der Waals surface area contributed by atoms with E-state index in [9.17, 15) is 18.0 Å². The zero-order valence-corrected chi connectivity index (χ0v) is 16.6. The molecule has 3 heterocycles. The number of methoxy groups -OCH3 is 2. The van der Waals surface area contributed by atoms with Gasteiger partial charge in [-0.05, 0) is 24.3 Å². The van der Waals surface area contributed by atoms with Crippen molar-refractivity contribution >= 4 is 17.4 Å². The summed E-state index contributed by atoms with van der Waals surface area (Å²) in [5.74, 6) is 0.476. The van der Waals surface area contributed by atoms with Crippen LogP contribution in [0.15, 0.2) is 47.2 Å². The van der Waals surface area contributed by atoms with Crippen molar-refractivity contribution in [3.8, 4) is 11.5 Å². The summed E-state index contributed by atoms with van der Waals surface area (Å²) in [5.41, 5.74) is 0.257. The van der Waals surface area contributed by atoms with Crippen LogP contribution in [-0.4, -0.2) is 36.1 Å². The molecule has 1 aliphatic heterocycles. The van der Waals surface area contributed by atoms with Crippen molar-refractivity contribution in [3.05, 3.63) is 54.1 Å². The fourth-order valence-corrected chi connectivity index (χ4v) is 3.51. The SMILES string of the molecule is COc1ccc(OC)c(NC(=O)c2cnn3c2N[C@@H](c2ccco2)C[C@H]3C(F)(F)F)c1. The van der Waals surface area contributed by atoms with Gasteiger partial charge in [-0.2, -0.15) is 18.3 Å². The Kier molecular flexibility index (Phi) is 5.25. The normalized spacial score (nSPS) is 18.1. The molecule has 0 spiro atoms. The van der Waals surface area contributed by atoms with Gasteiger partial charge in [-0.25, -0.2) is 4.68 Å². The first-order valence-corrected chi connectivity index (χ1v) is 9.29. The van der Waals surface area contributed by atoms with Crippen molar-refractivity contribution in [2.24, 2.45) is 0 Å². The van der Waals surface area contributed by atoms with Gasteiger partial charge in [0.25, 0.3) is 5.91 Å². The molecule has 3 aromatic rings. The highest BCUT2D eigenvalue weighted by Gasteiger charge is 2.47. The number of rotatable bonds is 5. The predicted molar refractivity (Wildman–Crippen MR) is 105 cm³/mol. The predicted octanol–water partition coefficient (Wildman–Crippen LogP) is 4.41. The number of hydrogen-bond acceptors (Lipinski definition) is 6. The molecule has 0 unspecified atom stereocenters. The molecule has 0 aliphatic carbocycles. The Balaban J connectivity index is 1.69. The van der Waals surface area contributed by atoms with Crippen molar-refractivity contribution in [1.82, 2.24) is 9.78 Å². The lowest BCUT2D eigenvalue weighted by Gasteiger charge is -2.32. The van der Waals surface area contributed by atoms with Crippen LogP contribution >= 0.6 is 0 Å². The average molecular weight is 436 g/mol. The first-order valence-electron chi connectivity index (χ1n) is 9.29. The molecule has 164 valence electrons. The lowest BCUT2D eigenvalue weighted by molar-refractivity contribution is -0.174. The van der Waals surface area contributed by atoms with Crippen LogP contribution in [0.1, 0.15) is 34.6 Å². The van der Waals surface area contributed by atoms with E-state index in [0.29, 0.717) is 22.9 Å². The summed E-state index contributed by atoms with van der Waals surface area (Å²) in [6, 6.07) is 5.29. The summed E-state index contributed by atoms with van der Waals surface area (Å²) >= 11 is 0. The smallest absolute Gasteiger partial charge is 0.410 e. The summed E-state index contributed by atoms with van der Waals surface area (Å²) < 4.78 is 57.6. The Morgan fingerprint density at radius 3 is 2.74 bits per heavy atom. The van der Waals surface area contributed by atoms with E-state index in [0.717, 1.165) is 10.9 Å². The quantitative estimate of drug-likeness (QED) is 0.616. The maximum atomic E-state index is 13.7.